The van der Waals surface area contributed by atoms with Crippen LogP contribution in [0.1, 0.15) is 11.1 Å². The minimum atomic E-state index is -4.94. The average molecular weight is 380 g/mol. The van der Waals surface area contributed by atoms with Gasteiger partial charge in [0, 0.05) is 23.7 Å². The molecule has 0 amide bonds. The van der Waals surface area contributed by atoms with Crippen molar-refractivity contribution >= 4 is 23.2 Å². The molecule has 0 aliphatic carbocycles. The third-order valence-corrected chi connectivity index (χ3v) is 4.31. The molecule has 3 N–H and O–H groups in total. The van der Waals surface area contributed by atoms with Crippen molar-refractivity contribution in [3.05, 3.63) is 63.6 Å². The number of hydrogen-bond donors (Lipinski definition) is 3. The number of alkyl halides is 3. The Labute approximate surface area is 146 Å². The van der Waals surface area contributed by atoms with Crippen molar-refractivity contribution in [2.24, 2.45) is 0 Å². The molecule has 2 aromatic rings. The summed E-state index contributed by atoms with van der Waals surface area (Å²) in [4.78, 5) is 0. The fourth-order valence-electron chi connectivity index (χ4n) is 2.23. The second-order valence-electron chi connectivity index (χ2n) is 5.19. The van der Waals surface area contributed by atoms with Gasteiger partial charge in [-0.15, -0.1) is 0 Å². The van der Waals surface area contributed by atoms with Gasteiger partial charge in [0.15, 0.2) is 5.60 Å². The van der Waals surface area contributed by atoms with E-state index in [1.165, 1.54) is 30.3 Å². The van der Waals surface area contributed by atoms with Gasteiger partial charge < -0.3 is 15.5 Å². The summed E-state index contributed by atoms with van der Waals surface area (Å²) < 4.78 is 40.3. The Balaban J connectivity index is 2.22. The Kier molecular flexibility index (Phi) is 5.65. The van der Waals surface area contributed by atoms with Gasteiger partial charge in [-0.1, -0.05) is 53.5 Å². The van der Waals surface area contributed by atoms with Gasteiger partial charge in [0.05, 0.1) is 5.02 Å². The molecule has 0 aliphatic rings. The Hall–Kier alpha value is -1.47. The predicted octanol–water partition coefficient (Wildman–Crippen LogP) is 4.24. The van der Waals surface area contributed by atoms with Gasteiger partial charge >= 0.3 is 6.18 Å². The normalized spacial score (nSPS) is 14.4. The van der Waals surface area contributed by atoms with E-state index in [2.05, 4.69) is 5.32 Å². The van der Waals surface area contributed by atoms with Crippen LogP contribution in [-0.2, 0) is 12.1 Å². The molecule has 0 saturated heterocycles. The number of benzene rings is 2. The molecule has 0 fully saturated rings. The molecular formula is C16H14Cl2F3NO2. The molecule has 1 unspecified atom stereocenters. The van der Waals surface area contributed by atoms with Crippen molar-refractivity contribution in [3.63, 3.8) is 0 Å². The van der Waals surface area contributed by atoms with Crippen LogP contribution in [0.3, 0.4) is 0 Å². The summed E-state index contributed by atoms with van der Waals surface area (Å²) in [6.07, 6.45) is -4.94. The zero-order chi connectivity index (χ0) is 18.0. The van der Waals surface area contributed by atoms with Crippen LogP contribution in [0, 0.1) is 0 Å². The third-order valence-electron chi connectivity index (χ3n) is 3.54. The topological polar surface area (TPSA) is 52.5 Å². The van der Waals surface area contributed by atoms with Gasteiger partial charge in [-0.05, 0) is 17.7 Å². The molecule has 2 aromatic carbocycles. The number of nitrogens with one attached hydrogen (secondary N) is 1. The number of phenolic OH excluding ortho intramolecular Hbond substituents is 1. The molecule has 1 atom stereocenters. The maximum atomic E-state index is 13.4. The number of halogens is 5. The van der Waals surface area contributed by atoms with Crippen LogP contribution in [0.2, 0.25) is 10.0 Å². The number of aliphatic hydroxyl groups is 1. The quantitative estimate of drug-likeness (QED) is 0.728. The lowest BCUT2D eigenvalue weighted by atomic mass is 9.92. The molecule has 0 bridgehead atoms. The van der Waals surface area contributed by atoms with Gasteiger partial charge in [0.2, 0.25) is 0 Å². The van der Waals surface area contributed by atoms with Gasteiger partial charge in [0.1, 0.15) is 5.75 Å². The first kappa shape index (κ1) is 18.9. The second-order valence-corrected chi connectivity index (χ2v) is 5.98. The van der Waals surface area contributed by atoms with Crippen molar-refractivity contribution in [1.29, 1.82) is 0 Å². The van der Waals surface area contributed by atoms with Gasteiger partial charge in [-0.25, -0.2) is 0 Å². The molecule has 2 rings (SSSR count). The van der Waals surface area contributed by atoms with Crippen LogP contribution in [0.4, 0.5) is 13.2 Å². The lowest BCUT2D eigenvalue weighted by molar-refractivity contribution is -0.264. The number of hydrogen-bond acceptors (Lipinski definition) is 3. The molecule has 130 valence electrons. The standard InChI is InChI=1S/C16H14Cl2F3NO2/c17-12-6-2-1-5-11(12)15(24,16(19,20)21)9-22-8-10-4-3-7-13(23)14(10)18/h1-7,22-24H,8-9H2. The third kappa shape index (κ3) is 3.78. The fourth-order valence-corrected chi connectivity index (χ4v) is 2.71. The minimum absolute atomic E-state index is 0.0401. The first-order valence-corrected chi connectivity index (χ1v) is 7.63. The highest BCUT2D eigenvalue weighted by atomic mass is 35.5. The van der Waals surface area contributed by atoms with Gasteiger partial charge in [0.25, 0.3) is 0 Å². The summed E-state index contributed by atoms with van der Waals surface area (Å²) in [5.41, 5.74) is -3.19. The molecule has 0 aromatic heterocycles. The summed E-state index contributed by atoms with van der Waals surface area (Å²) in [6.45, 7) is -0.901. The fraction of sp³-hybridized carbons (Fsp3) is 0.250. The Bertz CT molecular complexity index is 725. The number of rotatable bonds is 5. The summed E-state index contributed by atoms with van der Waals surface area (Å²) in [5.74, 6) is -0.173. The maximum absolute atomic E-state index is 13.4. The van der Waals surface area contributed by atoms with Crippen LogP contribution < -0.4 is 5.32 Å². The van der Waals surface area contributed by atoms with Crippen molar-refractivity contribution < 1.29 is 23.4 Å². The SMILES string of the molecule is Oc1cccc(CNCC(O)(c2ccccc2Cl)C(F)(F)F)c1Cl. The van der Waals surface area contributed by atoms with Gasteiger partial charge in [-0.2, -0.15) is 13.2 Å². The Morgan fingerprint density at radius 3 is 2.29 bits per heavy atom. The van der Waals surface area contributed by atoms with E-state index in [1.807, 2.05) is 0 Å². The molecule has 3 nitrogen and oxygen atoms in total. The average Bonchev–Trinajstić information content (AvgIpc) is 2.50. The van der Waals surface area contributed by atoms with E-state index >= 15 is 0 Å². The second kappa shape index (κ2) is 7.19. The molecule has 0 radical (unpaired) electrons. The van der Waals surface area contributed by atoms with E-state index in [0.717, 1.165) is 6.07 Å². The predicted molar refractivity (Wildman–Crippen MR) is 86.2 cm³/mol. The van der Waals surface area contributed by atoms with E-state index in [4.69, 9.17) is 23.2 Å². The molecule has 0 spiro atoms. The van der Waals surface area contributed by atoms with E-state index in [1.54, 1.807) is 6.07 Å². The minimum Gasteiger partial charge on any atom is -0.506 e. The zero-order valence-corrected chi connectivity index (χ0v) is 13.8. The Morgan fingerprint density at radius 2 is 1.67 bits per heavy atom. The van der Waals surface area contributed by atoms with Crippen molar-refractivity contribution in [1.82, 2.24) is 5.32 Å². The van der Waals surface area contributed by atoms with Crippen molar-refractivity contribution in [3.8, 4) is 5.75 Å². The van der Waals surface area contributed by atoms with E-state index in [-0.39, 0.29) is 22.3 Å². The van der Waals surface area contributed by atoms with Crippen molar-refractivity contribution in [2.75, 3.05) is 6.54 Å². The van der Waals surface area contributed by atoms with Crippen LogP contribution in [0.25, 0.3) is 0 Å². The van der Waals surface area contributed by atoms with Gasteiger partial charge in [-0.3, -0.25) is 0 Å². The molecule has 0 heterocycles. The summed E-state index contributed by atoms with van der Waals surface area (Å²) in [7, 11) is 0. The zero-order valence-electron chi connectivity index (χ0n) is 12.2. The molecule has 0 saturated carbocycles. The highest BCUT2D eigenvalue weighted by Gasteiger charge is 2.55. The van der Waals surface area contributed by atoms with Crippen LogP contribution in [0.5, 0.6) is 5.75 Å². The molecule has 24 heavy (non-hydrogen) atoms. The highest BCUT2D eigenvalue weighted by Crippen LogP contribution is 2.41. The molecular weight excluding hydrogens is 366 g/mol. The molecule has 0 aliphatic heterocycles. The first-order chi connectivity index (χ1) is 11.2. The van der Waals surface area contributed by atoms with E-state index in [0.29, 0.717) is 5.56 Å². The molecule has 8 heteroatoms. The Morgan fingerprint density at radius 1 is 1.00 bits per heavy atom. The monoisotopic (exact) mass is 379 g/mol. The number of phenols is 1. The smallest absolute Gasteiger partial charge is 0.422 e. The van der Waals surface area contributed by atoms with E-state index in [9.17, 15) is 23.4 Å². The first-order valence-electron chi connectivity index (χ1n) is 6.88. The van der Waals surface area contributed by atoms with E-state index < -0.39 is 23.9 Å². The van der Waals surface area contributed by atoms with Crippen LogP contribution in [-0.4, -0.2) is 22.9 Å². The lowest BCUT2D eigenvalue weighted by Gasteiger charge is -2.32. The summed E-state index contributed by atoms with van der Waals surface area (Å²) >= 11 is 11.7. The number of aromatic hydroxyl groups is 1. The summed E-state index contributed by atoms with van der Waals surface area (Å²) in [6, 6.07) is 9.67. The van der Waals surface area contributed by atoms with Crippen molar-refractivity contribution in [2.45, 2.75) is 18.3 Å². The summed E-state index contributed by atoms with van der Waals surface area (Å²) in [5, 5.41) is 22.1. The van der Waals surface area contributed by atoms with Crippen LogP contribution in [0.15, 0.2) is 42.5 Å². The highest BCUT2D eigenvalue weighted by molar-refractivity contribution is 6.32. The maximum Gasteiger partial charge on any atom is 0.422 e. The largest absolute Gasteiger partial charge is 0.506 e. The van der Waals surface area contributed by atoms with Crippen LogP contribution >= 0.6 is 23.2 Å². The lowest BCUT2D eigenvalue weighted by Crippen LogP contribution is -2.50.